The zero-order valence-electron chi connectivity index (χ0n) is 11.0. The largest absolute Gasteiger partial charge is 0.330 e. The second-order valence-electron chi connectivity index (χ2n) is 2.78. The topological polar surface area (TPSA) is 26.0 Å². The van der Waals surface area contributed by atoms with Crippen LogP contribution in [-0.2, 0) is 0 Å². The van der Waals surface area contributed by atoms with Crippen molar-refractivity contribution >= 4 is 0 Å². The summed E-state index contributed by atoms with van der Waals surface area (Å²) in [4.78, 5) is 0. The van der Waals surface area contributed by atoms with Crippen LogP contribution in [0, 0.1) is 0 Å². The molecule has 0 aliphatic heterocycles. The molecule has 0 rings (SSSR count). The quantitative estimate of drug-likeness (QED) is 0.513. The third kappa shape index (κ3) is 41.2. The first kappa shape index (κ1) is 19.3. The monoisotopic (exact) mass is 201 g/mol. The molecule has 0 aromatic heterocycles. The number of nitrogens with two attached hydrogens (primary N) is 1. The van der Waals surface area contributed by atoms with Crippen LogP contribution in [0.5, 0.6) is 0 Å². The molecule has 0 aromatic carbocycles. The molecule has 2 N–H and O–H groups in total. The smallest absolute Gasteiger partial charge is 0.00773 e. The van der Waals surface area contributed by atoms with E-state index in [2.05, 4.69) is 32.9 Å². The Morgan fingerprint density at radius 1 is 0.857 bits per heavy atom. The average molecular weight is 201 g/mol. The fraction of sp³-hybridized carbons (Fsp3) is 0.846. The van der Waals surface area contributed by atoms with E-state index in [9.17, 15) is 0 Å². The van der Waals surface area contributed by atoms with Gasteiger partial charge in [0.05, 0.1) is 0 Å². The van der Waals surface area contributed by atoms with Crippen LogP contribution in [0.4, 0.5) is 0 Å². The van der Waals surface area contributed by atoms with Gasteiger partial charge in [0, 0.05) is 0 Å². The van der Waals surface area contributed by atoms with Crippen LogP contribution in [0.25, 0.3) is 0 Å². The summed E-state index contributed by atoms with van der Waals surface area (Å²) in [6.07, 6.45) is 10.5. The van der Waals surface area contributed by atoms with Gasteiger partial charge in [-0.05, 0) is 25.8 Å². The summed E-state index contributed by atoms with van der Waals surface area (Å²) in [7, 11) is 0. The molecule has 1 heteroatoms. The van der Waals surface area contributed by atoms with Crippen molar-refractivity contribution in [3.05, 3.63) is 12.2 Å². The average Bonchev–Trinajstić information content (AvgIpc) is 2.27. The van der Waals surface area contributed by atoms with E-state index in [4.69, 9.17) is 5.73 Å². The van der Waals surface area contributed by atoms with E-state index in [1.165, 1.54) is 32.1 Å². The summed E-state index contributed by atoms with van der Waals surface area (Å²) in [5.74, 6) is 0. The Labute approximate surface area is 91.8 Å². The second-order valence-corrected chi connectivity index (χ2v) is 2.78. The Balaban J connectivity index is -0.000000147. The van der Waals surface area contributed by atoms with E-state index in [1.54, 1.807) is 0 Å². The summed E-state index contributed by atoms with van der Waals surface area (Å²) in [5, 5.41) is 0. The number of hydrogen-bond acceptors (Lipinski definition) is 1. The summed E-state index contributed by atoms with van der Waals surface area (Å²) in [6, 6.07) is 0. The van der Waals surface area contributed by atoms with E-state index >= 15 is 0 Å². The van der Waals surface area contributed by atoms with E-state index in [0.717, 1.165) is 6.54 Å². The Kier molecular flexibility index (Phi) is 40.4. The molecule has 0 amide bonds. The lowest BCUT2D eigenvalue weighted by molar-refractivity contribution is 0.727. The van der Waals surface area contributed by atoms with E-state index in [0.29, 0.717) is 0 Å². The molecule has 0 aromatic rings. The van der Waals surface area contributed by atoms with Crippen LogP contribution in [0.1, 0.15) is 66.7 Å². The van der Waals surface area contributed by atoms with E-state index < -0.39 is 0 Å². The summed E-state index contributed by atoms with van der Waals surface area (Å²) >= 11 is 0. The molecule has 14 heavy (non-hydrogen) atoms. The molecule has 88 valence electrons. The first-order valence-electron chi connectivity index (χ1n) is 6.18. The van der Waals surface area contributed by atoms with Crippen molar-refractivity contribution in [1.29, 1.82) is 0 Å². The van der Waals surface area contributed by atoms with Crippen molar-refractivity contribution in [2.45, 2.75) is 66.7 Å². The lowest BCUT2D eigenvalue weighted by atomic mass is 10.3. The van der Waals surface area contributed by atoms with Gasteiger partial charge >= 0.3 is 0 Å². The van der Waals surface area contributed by atoms with Crippen LogP contribution >= 0.6 is 0 Å². The Morgan fingerprint density at radius 2 is 1.29 bits per heavy atom. The lowest BCUT2D eigenvalue weighted by Crippen LogP contribution is -1.96. The molecule has 0 spiro atoms. The SMILES string of the molecule is CC.CC/C=C\CC.CCCCCN. The van der Waals surface area contributed by atoms with Crippen molar-refractivity contribution in [2.24, 2.45) is 5.73 Å². The Morgan fingerprint density at radius 3 is 1.43 bits per heavy atom. The van der Waals surface area contributed by atoms with Crippen LogP contribution in [0.3, 0.4) is 0 Å². The zero-order chi connectivity index (χ0) is 11.7. The van der Waals surface area contributed by atoms with Crippen molar-refractivity contribution < 1.29 is 0 Å². The third-order valence-corrected chi connectivity index (χ3v) is 1.45. The molecule has 0 saturated carbocycles. The minimum atomic E-state index is 0.855. The highest BCUT2D eigenvalue weighted by molar-refractivity contribution is 4.77. The van der Waals surface area contributed by atoms with Gasteiger partial charge in [-0.1, -0.05) is 59.6 Å². The minimum Gasteiger partial charge on any atom is -0.330 e. The van der Waals surface area contributed by atoms with Gasteiger partial charge in [0.1, 0.15) is 0 Å². The molecule has 0 atom stereocenters. The molecule has 0 aliphatic carbocycles. The molecular formula is C13H31N. The van der Waals surface area contributed by atoms with E-state index in [-0.39, 0.29) is 0 Å². The molecule has 0 radical (unpaired) electrons. The maximum Gasteiger partial charge on any atom is -0.00773 e. The Bertz CT molecular complexity index is 67.3. The predicted octanol–water partition coefficient (Wildman–Crippen LogP) is 4.52. The minimum absolute atomic E-state index is 0.855. The molecule has 0 aliphatic rings. The highest BCUT2D eigenvalue weighted by atomic mass is 14.5. The molecule has 0 fully saturated rings. The van der Waals surface area contributed by atoms with Crippen molar-refractivity contribution in [3.63, 3.8) is 0 Å². The summed E-state index contributed by atoms with van der Waals surface area (Å²) < 4.78 is 0. The molecule has 0 saturated heterocycles. The molecule has 0 bridgehead atoms. The fourth-order valence-electron chi connectivity index (χ4n) is 0.728. The van der Waals surface area contributed by atoms with Gasteiger partial charge < -0.3 is 5.73 Å². The highest BCUT2D eigenvalue weighted by Crippen LogP contribution is 1.88. The maximum atomic E-state index is 5.21. The standard InChI is InChI=1S/C6H12.C5H13N.C2H6/c1-3-5-6-4-2;1-2-3-4-5-6;1-2/h5-6H,3-4H2,1-2H3;2-6H2,1H3;1-2H3/b6-5-;;. The van der Waals surface area contributed by atoms with Gasteiger partial charge in [-0.15, -0.1) is 0 Å². The second kappa shape index (κ2) is 29.3. The highest BCUT2D eigenvalue weighted by Gasteiger charge is 1.75. The Hall–Kier alpha value is -0.300. The van der Waals surface area contributed by atoms with Gasteiger partial charge in [0.15, 0.2) is 0 Å². The van der Waals surface area contributed by atoms with Crippen LogP contribution in [-0.4, -0.2) is 6.54 Å². The lowest BCUT2D eigenvalue weighted by Gasteiger charge is -1.86. The molecular weight excluding hydrogens is 170 g/mol. The number of allylic oxidation sites excluding steroid dienone is 2. The molecule has 0 heterocycles. The summed E-state index contributed by atoms with van der Waals surface area (Å²) in [5.41, 5.74) is 5.21. The number of unbranched alkanes of at least 4 members (excludes halogenated alkanes) is 2. The van der Waals surface area contributed by atoms with E-state index in [1.807, 2.05) is 13.8 Å². The summed E-state index contributed by atoms with van der Waals surface area (Å²) in [6.45, 7) is 11.3. The zero-order valence-corrected chi connectivity index (χ0v) is 11.0. The molecule has 0 unspecified atom stereocenters. The number of hydrogen-bond donors (Lipinski definition) is 1. The maximum absolute atomic E-state index is 5.21. The molecule has 1 nitrogen and oxygen atoms in total. The normalized spacial score (nSPS) is 8.71. The fourth-order valence-corrected chi connectivity index (χ4v) is 0.728. The van der Waals surface area contributed by atoms with Crippen molar-refractivity contribution in [2.75, 3.05) is 6.54 Å². The third-order valence-electron chi connectivity index (χ3n) is 1.45. The van der Waals surface area contributed by atoms with Gasteiger partial charge in [-0.3, -0.25) is 0 Å². The van der Waals surface area contributed by atoms with Crippen LogP contribution < -0.4 is 5.73 Å². The first-order chi connectivity index (χ1) is 6.83. The number of rotatable bonds is 5. The predicted molar refractivity (Wildman–Crippen MR) is 69.6 cm³/mol. The van der Waals surface area contributed by atoms with Gasteiger partial charge in [-0.25, -0.2) is 0 Å². The van der Waals surface area contributed by atoms with Crippen molar-refractivity contribution in [1.82, 2.24) is 0 Å². The first-order valence-corrected chi connectivity index (χ1v) is 6.18. The van der Waals surface area contributed by atoms with Gasteiger partial charge in [0.25, 0.3) is 0 Å². The van der Waals surface area contributed by atoms with Crippen LogP contribution in [0.2, 0.25) is 0 Å². The van der Waals surface area contributed by atoms with Gasteiger partial charge in [-0.2, -0.15) is 0 Å². The van der Waals surface area contributed by atoms with Crippen molar-refractivity contribution in [3.8, 4) is 0 Å². The van der Waals surface area contributed by atoms with Crippen LogP contribution in [0.15, 0.2) is 12.2 Å². The van der Waals surface area contributed by atoms with Gasteiger partial charge in [0.2, 0.25) is 0 Å².